The number of hydrogen-bond donors (Lipinski definition) is 0. The van der Waals surface area contributed by atoms with Crippen LogP contribution in [-0.2, 0) is 0 Å². The molecular weight excluding hydrogens is 471 g/mol. The van der Waals surface area contributed by atoms with Crippen LogP contribution in [0.1, 0.15) is 27.0 Å². The van der Waals surface area contributed by atoms with Crippen LogP contribution in [-0.4, -0.2) is 22.2 Å². The summed E-state index contributed by atoms with van der Waals surface area (Å²) >= 11 is -4.04. The van der Waals surface area contributed by atoms with Crippen molar-refractivity contribution in [2.24, 2.45) is 0 Å². The zero-order valence-corrected chi connectivity index (χ0v) is 20.6. The van der Waals surface area contributed by atoms with Crippen LogP contribution in [0.3, 0.4) is 0 Å². The minimum atomic E-state index is -4.04. The van der Waals surface area contributed by atoms with Gasteiger partial charge in [-0.3, -0.25) is 0 Å². The number of carbonyl (C=O) groups excluding carboxylic acids is 1. The Hall–Kier alpha value is -2.65. The van der Waals surface area contributed by atoms with Crippen molar-refractivity contribution in [2.45, 2.75) is 20.8 Å². The van der Waals surface area contributed by atoms with Gasteiger partial charge in [-0.1, -0.05) is 0 Å². The summed E-state index contributed by atoms with van der Waals surface area (Å²) < 4.78 is 3.89. The van der Waals surface area contributed by atoms with Crippen molar-refractivity contribution in [1.29, 1.82) is 0 Å². The summed E-state index contributed by atoms with van der Waals surface area (Å²) in [5, 5.41) is 0. The molecule has 4 aromatic carbocycles. The van der Waals surface area contributed by atoms with Crippen LogP contribution in [0.25, 0.3) is 0 Å². The fourth-order valence-electron chi connectivity index (χ4n) is 4.68. The summed E-state index contributed by atoms with van der Waals surface area (Å²) in [6, 6.07) is 35.7. The van der Waals surface area contributed by atoms with Crippen LogP contribution in [0.4, 0.5) is 0 Å². The molecule has 2 heteroatoms. The third kappa shape index (κ3) is 3.52. The summed E-state index contributed by atoms with van der Waals surface area (Å²) in [6.07, 6.45) is 0. The van der Waals surface area contributed by atoms with Crippen molar-refractivity contribution in [3.05, 3.63) is 125 Å². The van der Waals surface area contributed by atoms with E-state index in [0.717, 1.165) is 16.7 Å². The Morgan fingerprint density at radius 3 is 1.23 bits per heavy atom. The summed E-state index contributed by atoms with van der Waals surface area (Å²) in [5.74, 6) is 0. The predicted molar refractivity (Wildman–Crippen MR) is 129 cm³/mol. The molecule has 0 spiro atoms. The molecule has 0 radical (unpaired) electrons. The van der Waals surface area contributed by atoms with Crippen LogP contribution >= 0.6 is 0 Å². The van der Waals surface area contributed by atoms with Crippen molar-refractivity contribution >= 4 is 32.9 Å². The molecule has 0 N–H and O–H groups in total. The quantitative estimate of drug-likeness (QED) is 0.372. The van der Waals surface area contributed by atoms with Crippen LogP contribution in [0.15, 0.2) is 103 Å². The summed E-state index contributed by atoms with van der Waals surface area (Å²) in [7, 11) is 0. The number of hydrogen-bond acceptors (Lipinski definition) is 1. The summed E-state index contributed by atoms with van der Waals surface area (Å²) in [4.78, 5) is 14.7. The maximum atomic E-state index is 14.7. The second-order valence-electron chi connectivity index (χ2n) is 7.95. The Morgan fingerprint density at radius 2 is 0.900 bits per heavy atom. The molecule has 0 saturated heterocycles. The molecule has 30 heavy (non-hydrogen) atoms. The van der Waals surface area contributed by atoms with Crippen molar-refractivity contribution in [3.63, 3.8) is 0 Å². The molecule has 0 atom stereocenters. The zero-order chi connectivity index (χ0) is 21.1. The molecule has 0 heterocycles. The first-order valence-electron chi connectivity index (χ1n) is 10.3. The standard InChI is InChI=1S/C10H11O.3C6H5.Sn/c1-7-4-8(2)10(6-11)9(3)5-7;3*1-2-4-6-5-3-1;/h4-5H,1-3H3;3*1-5H;. The van der Waals surface area contributed by atoms with Crippen molar-refractivity contribution in [2.75, 3.05) is 0 Å². The predicted octanol–water partition coefficient (Wildman–Crippen LogP) is 4.50. The minimum absolute atomic E-state index is 0.322. The van der Waals surface area contributed by atoms with Gasteiger partial charge in [-0.25, -0.2) is 0 Å². The molecule has 1 nitrogen and oxygen atoms in total. The average Bonchev–Trinajstić information content (AvgIpc) is 2.76. The summed E-state index contributed by atoms with van der Waals surface area (Å²) in [6.45, 7) is 6.24. The molecular formula is C28H26OSn. The van der Waals surface area contributed by atoms with Gasteiger partial charge in [0.15, 0.2) is 0 Å². The van der Waals surface area contributed by atoms with Gasteiger partial charge in [-0.05, 0) is 0 Å². The number of benzene rings is 4. The molecule has 0 amide bonds. The first-order chi connectivity index (χ1) is 14.5. The topological polar surface area (TPSA) is 17.1 Å². The third-order valence-electron chi connectivity index (χ3n) is 5.87. The van der Waals surface area contributed by atoms with E-state index in [-0.39, 0.29) is 0 Å². The zero-order valence-electron chi connectivity index (χ0n) is 17.7. The van der Waals surface area contributed by atoms with Gasteiger partial charge in [0.1, 0.15) is 0 Å². The molecule has 4 aromatic rings. The molecule has 0 saturated carbocycles. The Labute approximate surface area is 183 Å². The van der Waals surface area contributed by atoms with E-state index in [4.69, 9.17) is 0 Å². The maximum absolute atomic E-state index is 14.7. The first kappa shape index (κ1) is 20.6. The van der Waals surface area contributed by atoms with E-state index in [1.165, 1.54) is 16.3 Å². The normalized spacial score (nSPS) is 11.3. The van der Waals surface area contributed by atoms with E-state index in [9.17, 15) is 4.79 Å². The summed E-state index contributed by atoms with van der Waals surface area (Å²) in [5.41, 5.74) is 4.23. The Kier molecular flexibility index (Phi) is 5.92. The molecule has 0 aliphatic heterocycles. The average molecular weight is 497 g/mol. The molecule has 0 aliphatic rings. The van der Waals surface area contributed by atoms with Gasteiger partial charge in [0.25, 0.3) is 0 Å². The van der Waals surface area contributed by atoms with Crippen LogP contribution < -0.4 is 10.7 Å². The van der Waals surface area contributed by atoms with E-state index in [2.05, 4.69) is 106 Å². The van der Waals surface area contributed by atoms with E-state index in [1.807, 2.05) is 18.2 Å². The monoisotopic (exact) mass is 498 g/mol. The third-order valence-corrected chi connectivity index (χ3v) is 18.8. The second kappa shape index (κ2) is 8.61. The van der Waals surface area contributed by atoms with Crippen molar-refractivity contribution < 1.29 is 4.79 Å². The van der Waals surface area contributed by atoms with Gasteiger partial charge in [0.05, 0.1) is 0 Å². The van der Waals surface area contributed by atoms with Crippen LogP contribution in [0, 0.1) is 20.8 Å². The van der Waals surface area contributed by atoms with Gasteiger partial charge >= 0.3 is 184 Å². The Bertz CT molecular complexity index is 1050. The number of carbonyl (C=O) groups is 1. The molecule has 0 fully saturated rings. The van der Waals surface area contributed by atoms with Crippen molar-refractivity contribution in [1.82, 2.24) is 0 Å². The number of aryl methyl sites for hydroxylation is 3. The van der Waals surface area contributed by atoms with Crippen molar-refractivity contribution in [3.8, 4) is 0 Å². The SMILES string of the molecule is Cc1cc(C)c([C](=O)[Sn]([c]2ccccc2)([c]2ccccc2)[c]2ccccc2)c(C)c1. The molecule has 0 aromatic heterocycles. The van der Waals surface area contributed by atoms with Gasteiger partial charge in [0.2, 0.25) is 0 Å². The molecule has 0 bridgehead atoms. The fraction of sp³-hybridized carbons (Fsp3) is 0.107. The molecule has 148 valence electrons. The van der Waals surface area contributed by atoms with E-state index in [1.54, 1.807) is 0 Å². The van der Waals surface area contributed by atoms with Crippen LogP contribution in [0.2, 0.25) is 0 Å². The van der Waals surface area contributed by atoms with Crippen LogP contribution in [0.5, 0.6) is 0 Å². The second-order valence-corrected chi connectivity index (χ2v) is 18.5. The molecule has 0 unspecified atom stereocenters. The molecule has 0 aliphatic carbocycles. The fourth-order valence-corrected chi connectivity index (χ4v) is 17.9. The number of rotatable bonds is 5. The van der Waals surface area contributed by atoms with E-state index in [0.29, 0.717) is 3.80 Å². The Morgan fingerprint density at radius 1 is 0.567 bits per heavy atom. The molecule has 4 rings (SSSR count). The van der Waals surface area contributed by atoms with E-state index < -0.39 is 18.4 Å². The van der Waals surface area contributed by atoms with Gasteiger partial charge in [-0.2, -0.15) is 0 Å². The van der Waals surface area contributed by atoms with Gasteiger partial charge in [-0.15, -0.1) is 0 Å². The van der Waals surface area contributed by atoms with Gasteiger partial charge in [0, 0.05) is 0 Å². The van der Waals surface area contributed by atoms with E-state index >= 15 is 0 Å². The first-order valence-corrected chi connectivity index (χ1v) is 16.0. The Balaban J connectivity index is 2.12. The van der Waals surface area contributed by atoms with Gasteiger partial charge < -0.3 is 0 Å².